The van der Waals surface area contributed by atoms with Crippen LogP contribution in [-0.2, 0) is 18.9 Å². The van der Waals surface area contributed by atoms with Crippen LogP contribution in [0.25, 0.3) is 0 Å². The average molecular weight is 353 g/mol. The third-order valence-electron chi connectivity index (χ3n) is 4.63. The third kappa shape index (κ3) is 2.88. The number of nitriles is 1. The summed E-state index contributed by atoms with van der Waals surface area (Å²) in [5.41, 5.74) is -0.383. The Labute approximate surface area is 149 Å². The molecule has 1 N–H and O–H groups in total. The molecule has 0 spiro atoms. The van der Waals surface area contributed by atoms with Crippen LogP contribution in [-0.4, -0.2) is 28.1 Å². The minimum Gasteiger partial charge on any atom is -0.354 e. The highest BCUT2D eigenvalue weighted by Gasteiger charge is 2.31. The number of hydrogen-bond acceptors (Lipinski definition) is 5. The van der Waals surface area contributed by atoms with Gasteiger partial charge in [0.1, 0.15) is 11.9 Å². The highest BCUT2D eigenvalue weighted by Crippen LogP contribution is 2.31. The number of aromatic nitrogens is 2. The first-order valence-electron chi connectivity index (χ1n) is 8.24. The van der Waals surface area contributed by atoms with Crippen LogP contribution >= 0.6 is 0 Å². The molecule has 1 aromatic carbocycles. The second kappa shape index (κ2) is 6.88. The lowest BCUT2D eigenvalue weighted by Crippen LogP contribution is -2.44. The van der Waals surface area contributed by atoms with Gasteiger partial charge < -0.3 is 10.2 Å². The summed E-state index contributed by atoms with van der Waals surface area (Å²) in [6, 6.07) is 10.9. The Bertz CT molecular complexity index is 1000. The third-order valence-corrected chi connectivity index (χ3v) is 4.63. The van der Waals surface area contributed by atoms with E-state index in [9.17, 15) is 19.6 Å². The van der Waals surface area contributed by atoms with Crippen molar-refractivity contribution in [2.45, 2.75) is 12.5 Å². The summed E-state index contributed by atoms with van der Waals surface area (Å²) in [5.74, 6) is 0.125. The first-order valence-corrected chi connectivity index (χ1v) is 8.24. The van der Waals surface area contributed by atoms with Gasteiger partial charge in [0, 0.05) is 27.2 Å². The topological polar surface area (TPSA) is 100 Å². The number of amides is 1. The smallest absolute Gasteiger partial charge is 0.332 e. The highest BCUT2D eigenvalue weighted by molar-refractivity contribution is 5.78. The SMILES string of the molecule is Cn1c(N2CCNC(=O)CC2c2ccccc2)c(C#N)c(=O)n(C)c1=O. The van der Waals surface area contributed by atoms with Crippen LogP contribution in [0.5, 0.6) is 0 Å². The van der Waals surface area contributed by atoms with Crippen molar-refractivity contribution in [2.24, 2.45) is 14.1 Å². The monoisotopic (exact) mass is 353 g/mol. The van der Waals surface area contributed by atoms with Crippen molar-refractivity contribution in [1.29, 1.82) is 5.26 Å². The summed E-state index contributed by atoms with van der Waals surface area (Å²) in [6.07, 6.45) is 0.165. The minimum atomic E-state index is -0.638. The number of nitrogens with zero attached hydrogens (tertiary/aromatic N) is 4. The fourth-order valence-electron chi connectivity index (χ4n) is 3.32. The summed E-state index contributed by atoms with van der Waals surface area (Å²) in [6.45, 7) is 0.733. The second-order valence-electron chi connectivity index (χ2n) is 6.19. The molecule has 1 aliphatic heterocycles. The Hall–Kier alpha value is -3.34. The Morgan fingerprint density at radius 1 is 1.12 bits per heavy atom. The normalized spacial score (nSPS) is 17.3. The van der Waals surface area contributed by atoms with E-state index in [4.69, 9.17) is 0 Å². The van der Waals surface area contributed by atoms with Crippen molar-refractivity contribution in [3.8, 4) is 6.07 Å². The van der Waals surface area contributed by atoms with Gasteiger partial charge in [-0.15, -0.1) is 0 Å². The van der Waals surface area contributed by atoms with Crippen molar-refractivity contribution in [2.75, 3.05) is 18.0 Å². The highest BCUT2D eigenvalue weighted by atomic mass is 16.2. The van der Waals surface area contributed by atoms with E-state index in [2.05, 4.69) is 5.32 Å². The molecule has 0 saturated carbocycles. The number of nitrogens with one attached hydrogen (secondary N) is 1. The second-order valence-corrected chi connectivity index (χ2v) is 6.19. The zero-order chi connectivity index (χ0) is 18.8. The van der Waals surface area contributed by atoms with Gasteiger partial charge in [0.25, 0.3) is 5.56 Å². The molecule has 8 heteroatoms. The van der Waals surface area contributed by atoms with E-state index < -0.39 is 11.2 Å². The van der Waals surface area contributed by atoms with Gasteiger partial charge in [-0.1, -0.05) is 30.3 Å². The molecule has 1 saturated heterocycles. The number of benzene rings is 1. The summed E-state index contributed by atoms with van der Waals surface area (Å²) in [4.78, 5) is 38.8. The predicted molar refractivity (Wildman–Crippen MR) is 95.8 cm³/mol. The Morgan fingerprint density at radius 2 is 1.81 bits per heavy atom. The van der Waals surface area contributed by atoms with Gasteiger partial charge in [0.2, 0.25) is 5.91 Å². The van der Waals surface area contributed by atoms with E-state index in [0.29, 0.717) is 13.1 Å². The van der Waals surface area contributed by atoms with Crippen molar-refractivity contribution in [1.82, 2.24) is 14.5 Å². The molecule has 1 aromatic heterocycles. The van der Waals surface area contributed by atoms with Crippen molar-refractivity contribution >= 4 is 11.7 Å². The van der Waals surface area contributed by atoms with Crippen LogP contribution in [0, 0.1) is 11.3 Å². The zero-order valence-electron chi connectivity index (χ0n) is 14.6. The molecule has 0 aliphatic carbocycles. The summed E-state index contributed by atoms with van der Waals surface area (Å²) in [5, 5.41) is 12.4. The van der Waals surface area contributed by atoms with Crippen LogP contribution in [0.4, 0.5) is 5.82 Å². The number of anilines is 1. The quantitative estimate of drug-likeness (QED) is 0.821. The molecule has 8 nitrogen and oxygen atoms in total. The van der Waals surface area contributed by atoms with E-state index in [1.807, 2.05) is 36.4 Å². The van der Waals surface area contributed by atoms with Gasteiger partial charge in [-0.3, -0.25) is 18.7 Å². The molecule has 134 valence electrons. The molecule has 0 bridgehead atoms. The summed E-state index contributed by atoms with van der Waals surface area (Å²) in [7, 11) is 2.87. The van der Waals surface area contributed by atoms with E-state index >= 15 is 0 Å². The zero-order valence-corrected chi connectivity index (χ0v) is 14.6. The van der Waals surface area contributed by atoms with Crippen LogP contribution in [0.2, 0.25) is 0 Å². The number of carbonyl (C=O) groups is 1. The minimum absolute atomic E-state index is 0.107. The maximum Gasteiger partial charge on any atom is 0.332 e. The van der Waals surface area contributed by atoms with E-state index in [0.717, 1.165) is 10.1 Å². The number of carbonyl (C=O) groups excluding carboxylic acids is 1. The molecule has 2 heterocycles. The van der Waals surface area contributed by atoms with Gasteiger partial charge in [-0.05, 0) is 5.56 Å². The molecular formula is C18H19N5O3. The number of hydrogen-bond donors (Lipinski definition) is 1. The molecule has 2 aromatic rings. The van der Waals surface area contributed by atoms with E-state index in [-0.39, 0.29) is 29.8 Å². The van der Waals surface area contributed by atoms with E-state index in [1.165, 1.54) is 18.7 Å². The summed E-state index contributed by atoms with van der Waals surface area (Å²) >= 11 is 0. The van der Waals surface area contributed by atoms with Crippen LogP contribution in [0.3, 0.4) is 0 Å². The van der Waals surface area contributed by atoms with Crippen LogP contribution in [0.1, 0.15) is 23.6 Å². The Morgan fingerprint density at radius 3 is 2.46 bits per heavy atom. The lowest BCUT2D eigenvalue weighted by atomic mass is 10.0. The lowest BCUT2D eigenvalue weighted by Gasteiger charge is -2.33. The van der Waals surface area contributed by atoms with Gasteiger partial charge in [0.05, 0.1) is 12.5 Å². The van der Waals surface area contributed by atoms with Gasteiger partial charge in [-0.25, -0.2) is 4.79 Å². The number of rotatable bonds is 2. The standard InChI is InChI=1S/C18H19N5O3/c1-21-16(13(11-19)17(25)22(2)18(21)26)23-9-8-20-15(24)10-14(23)12-6-4-3-5-7-12/h3-7,14H,8-10H2,1-2H3,(H,20,24). The van der Waals surface area contributed by atoms with Gasteiger partial charge in [-0.2, -0.15) is 5.26 Å². The van der Waals surface area contributed by atoms with Crippen LogP contribution < -0.4 is 21.5 Å². The molecule has 1 atom stereocenters. The largest absolute Gasteiger partial charge is 0.354 e. The Balaban J connectivity index is 2.26. The lowest BCUT2D eigenvalue weighted by molar-refractivity contribution is -0.121. The molecule has 1 aliphatic rings. The molecule has 1 fully saturated rings. The van der Waals surface area contributed by atoms with Crippen molar-refractivity contribution < 1.29 is 4.79 Å². The van der Waals surface area contributed by atoms with Gasteiger partial charge >= 0.3 is 5.69 Å². The van der Waals surface area contributed by atoms with Crippen molar-refractivity contribution in [3.63, 3.8) is 0 Å². The first kappa shape index (κ1) is 17.5. The fourth-order valence-corrected chi connectivity index (χ4v) is 3.32. The van der Waals surface area contributed by atoms with E-state index in [1.54, 1.807) is 4.90 Å². The fraction of sp³-hybridized carbons (Fsp3) is 0.333. The maximum atomic E-state index is 12.4. The summed E-state index contributed by atoms with van der Waals surface area (Å²) < 4.78 is 2.21. The molecular weight excluding hydrogens is 334 g/mol. The average Bonchev–Trinajstić information content (AvgIpc) is 2.85. The van der Waals surface area contributed by atoms with Gasteiger partial charge in [0.15, 0.2) is 5.56 Å². The van der Waals surface area contributed by atoms with Crippen molar-refractivity contribution in [3.05, 3.63) is 62.3 Å². The predicted octanol–water partition coefficient (Wildman–Crippen LogP) is 0.0233. The molecule has 3 rings (SSSR count). The maximum absolute atomic E-state index is 12.4. The molecule has 0 radical (unpaired) electrons. The molecule has 26 heavy (non-hydrogen) atoms. The molecule has 1 unspecified atom stereocenters. The first-order chi connectivity index (χ1) is 12.5. The Kier molecular flexibility index (Phi) is 4.63. The molecule has 1 amide bonds. The van der Waals surface area contributed by atoms with Crippen LogP contribution in [0.15, 0.2) is 39.9 Å².